The van der Waals surface area contributed by atoms with Crippen molar-refractivity contribution in [2.45, 2.75) is 189 Å². The molecule has 0 spiro atoms. The van der Waals surface area contributed by atoms with E-state index in [0.29, 0.717) is 50.0 Å². The van der Waals surface area contributed by atoms with Crippen LogP contribution in [0.15, 0.2) is 59.8 Å². The molecule has 3 rings (SSSR count). The number of Topliss-reactive ketones (excluding diaryl/α,β-unsaturated/α-hetero) is 3. The van der Waals surface area contributed by atoms with Gasteiger partial charge in [0.25, 0.3) is 11.7 Å². The molecule has 2 aliphatic heterocycles. The van der Waals surface area contributed by atoms with Crippen molar-refractivity contribution < 1.29 is 83.1 Å². The smallest absolute Gasteiger partial charge is 0.333 e. The van der Waals surface area contributed by atoms with Crippen LogP contribution >= 0.6 is 0 Å². The maximum Gasteiger partial charge on any atom is 0.333 e. The number of amides is 1. The summed E-state index contributed by atoms with van der Waals surface area (Å²) in [4.78, 5) is 91.1. The first-order valence-corrected chi connectivity index (χ1v) is 27.7. The quantitative estimate of drug-likeness (QED) is 0.0152. The molecule has 18 nitrogen and oxygen atoms in total. The summed E-state index contributed by atoms with van der Waals surface area (Å²) in [5.74, 6) is -8.23. The van der Waals surface area contributed by atoms with E-state index in [1.54, 1.807) is 34.0 Å². The van der Waals surface area contributed by atoms with Crippen LogP contribution in [0.4, 0.5) is 0 Å². The summed E-state index contributed by atoms with van der Waals surface area (Å²) in [5.41, 5.74) is 0.564. The van der Waals surface area contributed by atoms with E-state index in [9.17, 15) is 43.8 Å². The second-order valence-corrected chi connectivity index (χ2v) is 21.7. The second-order valence-electron chi connectivity index (χ2n) is 21.7. The van der Waals surface area contributed by atoms with E-state index >= 15 is 0 Å². The topological polar surface area (TPSA) is 281 Å². The lowest BCUT2D eigenvalue weighted by Gasteiger charge is -2.39. The van der Waals surface area contributed by atoms with E-state index < -0.39 is 77.5 Å². The van der Waals surface area contributed by atoms with Gasteiger partial charge in [0.15, 0.2) is 0 Å². The van der Waals surface area contributed by atoms with Crippen molar-refractivity contribution in [3.05, 3.63) is 59.8 Å². The second kappa shape index (κ2) is 38.0. The summed E-state index contributed by atoms with van der Waals surface area (Å²) in [6, 6.07) is -1.04. The Labute approximate surface area is 465 Å². The number of aliphatic hydroxyl groups excluding tert-OH is 4. The molecule has 0 aromatic rings. The van der Waals surface area contributed by atoms with Gasteiger partial charge in [-0.3, -0.25) is 24.0 Å². The molecule has 6 N–H and O–H groups in total. The molecule has 1 amide bonds. The number of carbonyl (C=O) groups excluding carboxylic acids is 6. The van der Waals surface area contributed by atoms with Gasteiger partial charge in [-0.2, -0.15) is 0 Å². The Morgan fingerprint density at radius 2 is 1.54 bits per heavy atom. The van der Waals surface area contributed by atoms with Gasteiger partial charge in [0, 0.05) is 64.0 Å². The molecular weight excluding hydrogens is 1010 g/mol. The third-order valence-electron chi connectivity index (χ3n) is 15.0. The highest BCUT2D eigenvalue weighted by atomic mass is 16.6. The number of hydrogen-bond donors (Lipinski definition) is 6. The van der Waals surface area contributed by atoms with Crippen molar-refractivity contribution in [3.8, 4) is 0 Å². The molecule has 78 heavy (non-hydrogen) atoms. The number of methoxy groups -OCH3 is 1. The normalized spacial score (nSPS) is 23.9. The fourth-order valence-electron chi connectivity index (χ4n) is 9.36. The number of ketones is 3. The van der Waals surface area contributed by atoms with Gasteiger partial charge in [-0.1, -0.05) is 103 Å². The lowest BCUT2D eigenvalue weighted by atomic mass is 9.79. The monoisotopic (exact) mass is 1110 g/mol. The molecule has 446 valence electrons. The molecule has 18 heteroatoms. The third kappa shape index (κ3) is 24.8. The molecule has 12 atom stereocenters. The van der Waals surface area contributed by atoms with E-state index in [-0.39, 0.29) is 80.0 Å². The molecule has 3 fully saturated rings. The standard InChI is InChI=1S/C49H77NO10.C9H14O5.2CH4O/c1-10-32(2)18-12-11-13-19-33(3)26-34(4)42(51)30-43(52)35(5)27-36(6)44(53)31-45(37(7)28-39-21-16-22-40(29-39)58-9)60-48(56)41-23-14-15-24-50(41)47(55)46(54)49(57)38(8)20-17-25-59-49;1-6(2)7(11)14-5-9(3,4-10)8(12)13;2*1-2/h11-13,18-19,27,33-34,36-41,43,45,52,57H,10,14-17,20-26,28-31H2,1-9H3;10H,1,4-5H2,2-3H3,(H,12,13);2*2H,1H3/b12-11+,19-13+,32-18+,35-27+;;;/t33-,34?,36-,37+,38?,39?,40?,41?,43?,45+,49?;;;/m1.../s1. The van der Waals surface area contributed by atoms with Gasteiger partial charge in [0.2, 0.25) is 5.79 Å². The van der Waals surface area contributed by atoms with Gasteiger partial charge in [-0.05, 0) is 115 Å². The Morgan fingerprint density at radius 1 is 0.885 bits per heavy atom. The fraction of sp³-hybridized carbons (Fsp3) is 0.717. The highest BCUT2D eigenvalue weighted by Crippen LogP contribution is 2.35. The summed E-state index contributed by atoms with van der Waals surface area (Å²) < 4.78 is 22.0. The number of ether oxygens (including phenoxy) is 4. The molecule has 1 aliphatic carbocycles. The lowest BCUT2D eigenvalue weighted by molar-refractivity contribution is -0.241. The number of carboxylic acids is 1. The van der Waals surface area contributed by atoms with Gasteiger partial charge in [-0.15, -0.1) is 0 Å². The van der Waals surface area contributed by atoms with Crippen LogP contribution in [0.5, 0.6) is 0 Å². The average molecular weight is 1110 g/mol. The minimum atomic E-state index is -2.25. The molecule has 0 bridgehead atoms. The van der Waals surface area contributed by atoms with Crippen molar-refractivity contribution >= 4 is 41.2 Å². The molecule has 0 aromatic heterocycles. The number of rotatable bonds is 27. The van der Waals surface area contributed by atoms with Crippen molar-refractivity contribution in [2.24, 2.45) is 40.9 Å². The number of likely N-dealkylation sites (tertiary alicyclic amines) is 1. The zero-order chi connectivity index (χ0) is 59.9. The molecule has 0 radical (unpaired) electrons. The van der Waals surface area contributed by atoms with E-state index in [0.717, 1.165) is 46.3 Å². The number of carbonyl (C=O) groups is 7. The van der Waals surface area contributed by atoms with Crippen LogP contribution in [0.25, 0.3) is 0 Å². The summed E-state index contributed by atoms with van der Waals surface area (Å²) in [5, 5.41) is 53.7. The Hall–Kier alpha value is -4.69. The molecule has 0 aromatic carbocycles. The molecule has 2 heterocycles. The first kappa shape index (κ1) is 73.3. The zero-order valence-corrected chi connectivity index (χ0v) is 49.3. The van der Waals surface area contributed by atoms with Crippen LogP contribution in [0.2, 0.25) is 0 Å². The van der Waals surface area contributed by atoms with Crippen molar-refractivity contribution in [2.75, 3.05) is 47.7 Å². The largest absolute Gasteiger partial charge is 0.481 e. The Bertz CT molecular complexity index is 2030. The van der Waals surface area contributed by atoms with Gasteiger partial charge in [0.05, 0.1) is 25.4 Å². The average Bonchev–Trinajstić information content (AvgIpc) is 3.43. The van der Waals surface area contributed by atoms with E-state index in [1.807, 2.05) is 32.1 Å². The predicted octanol–water partition coefficient (Wildman–Crippen LogP) is 7.61. The first-order chi connectivity index (χ1) is 36.7. The highest BCUT2D eigenvalue weighted by molar-refractivity contribution is 6.39. The summed E-state index contributed by atoms with van der Waals surface area (Å²) in [6.07, 6.45) is 19.0. The fourth-order valence-corrected chi connectivity index (χ4v) is 9.36. The van der Waals surface area contributed by atoms with Crippen LogP contribution in [-0.2, 0) is 52.5 Å². The summed E-state index contributed by atoms with van der Waals surface area (Å²) in [7, 11) is 3.72. The molecular formula is C60H99NO17. The van der Waals surface area contributed by atoms with E-state index in [4.69, 9.17) is 34.6 Å². The predicted molar refractivity (Wildman–Crippen MR) is 298 cm³/mol. The maximum absolute atomic E-state index is 14.1. The summed E-state index contributed by atoms with van der Waals surface area (Å²) >= 11 is 0. The number of carboxylic acid groups (broad SMARTS) is 1. The molecule has 3 aliphatic rings. The molecule has 1 saturated carbocycles. The van der Waals surface area contributed by atoms with E-state index in [2.05, 4.69) is 44.2 Å². The number of aliphatic carboxylic acids is 1. The van der Waals surface area contributed by atoms with Crippen LogP contribution < -0.4 is 0 Å². The number of hydrogen-bond acceptors (Lipinski definition) is 16. The summed E-state index contributed by atoms with van der Waals surface area (Å²) in [6.45, 7) is 20.7. The van der Waals surface area contributed by atoms with Gasteiger partial charge >= 0.3 is 17.9 Å². The first-order valence-electron chi connectivity index (χ1n) is 27.7. The van der Waals surface area contributed by atoms with Crippen LogP contribution in [-0.4, -0.2) is 155 Å². The van der Waals surface area contributed by atoms with E-state index in [1.165, 1.54) is 24.3 Å². The SMILES string of the molecule is C=C(C)C(=O)OCC(C)(CO)C(=O)O.CC/C(C)=C/C=C/C=C/[C@@H](C)CC(C)C(=O)CC(O)/C(C)=C/[C@@H](C)C(=O)C[C@H](OC(=O)C1CCCCN1C(=O)C(=O)C1(O)OCCCC1C)[C@@H](C)CC1CCCC(OC)C1.CO.CO. The number of piperidine rings is 1. The third-order valence-corrected chi connectivity index (χ3v) is 15.0. The number of esters is 2. The Balaban J connectivity index is 0.00000283. The van der Waals surface area contributed by atoms with Crippen molar-refractivity contribution in [1.29, 1.82) is 0 Å². The van der Waals surface area contributed by atoms with Crippen LogP contribution in [0.3, 0.4) is 0 Å². The lowest BCUT2D eigenvalue weighted by Crippen LogP contribution is -2.59. The molecule has 8 unspecified atom stereocenters. The van der Waals surface area contributed by atoms with Gasteiger partial charge in [0.1, 0.15) is 35.7 Å². The number of nitrogens with zero attached hydrogens (tertiary/aromatic N) is 1. The Morgan fingerprint density at radius 3 is 2.12 bits per heavy atom. The molecule has 2 saturated heterocycles. The van der Waals surface area contributed by atoms with Crippen molar-refractivity contribution in [3.63, 3.8) is 0 Å². The minimum Gasteiger partial charge on any atom is -0.481 e. The highest BCUT2D eigenvalue weighted by Gasteiger charge is 2.51. The van der Waals surface area contributed by atoms with Crippen LogP contribution in [0.1, 0.15) is 159 Å². The minimum absolute atomic E-state index is 0.0439. The van der Waals surface area contributed by atoms with Crippen molar-refractivity contribution in [1.82, 2.24) is 4.90 Å². The maximum atomic E-state index is 14.1. The van der Waals surface area contributed by atoms with Crippen LogP contribution in [0, 0.1) is 40.9 Å². The zero-order valence-electron chi connectivity index (χ0n) is 49.3. The Kier molecular flexibility index (Phi) is 35.8. The van der Waals surface area contributed by atoms with Gasteiger partial charge < -0.3 is 54.5 Å². The van der Waals surface area contributed by atoms with Gasteiger partial charge in [-0.25, -0.2) is 9.59 Å². The number of aliphatic hydroxyl groups is 5. The number of allylic oxidation sites excluding steroid dienone is 7.